The van der Waals surface area contributed by atoms with Crippen LogP contribution in [0.5, 0.6) is 0 Å². The van der Waals surface area contributed by atoms with Crippen molar-refractivity contribution < 1.29 is 8.42 Å². The van der Waals surface area contributed by atoms with Gasteiger partial charge < -0.3 is 15.5 Å². The van der Waals surface area contributed by atoms with E-state index in [0.717, 1.165) is 12.4 Å². The molecule has 26 heavy (non-hydrogen) atoms. The van der Waals surface area contributed by atoms with Gasteiger partial charge in [0.1, 0.15) is 0 Å². The van der Waals surface area contributed by atoms with E-state index in [1.54, 1.807) is 0 Å². The monoisotopic (exact) mass is 498 g/mol. The molecule has 3 rings (SSSR count). The molecule has 3 aliphatic heterocycles. The van der Waals surface area contributed by atoms with Crippen LogP contribution in [-0.2, 0) is 9.84 Å². The largest absolute Gasteiger partial charge is 0.354 e. The predicted molar refractivity (Wildman–Crippen MR) is 118 cm³/mol. The minimum Gasteiger partial charge on any atom is -0.354 e. The molecule has 3 atom stereocenters. The molecule has 3 saturated heterocycles. The lowest BCUT2D eigenvalue weighted by molar-refractivity contribution is 0.0526. The van der Waals surface area contributed by atoms with Crippen molar-refractivity contribution in [1.82, 2.24) is 15.5 Å². The molecule has 0 saturated carbocycles. The number of hydrogen-bond donors (Lipinski definition) is 2. The molecule has 2 bridgehead atoms. The highest BCUT2D eigenvalue weighted by atomic mass is 127. The molecule has 3 unspecified atom stereocenters. The quantitative estimate of drug-likeness (QED) is 0.353. The Kier molecular flexibility index (Phi) is 8.03. The second kappa shape index (κ2) is 9.41. The number of hydrogen-bond acceptors (Lipinski definition) is 4. The number of fused-ring (bicyclic) bond motifs is 2. The van der Waals surface area contributed by atoms with Crippen LogP contribution in [0.15, 0.2) is 4.99 Å². The van der Waals surface area contributed by atoms with Gasteiger partial charge in [0.2, 0.25) is 0 Å². The Bertz CT molecular complexity index is 582. The molecule has 0 aromatic heterocycles. The molecule has 3 fully saturated rings. The Morgan fingerprint density at radius 3 is 2.38 bits per heavy atom. The van der Waals surface area contributed by atoms with E-state index in [-0.39, 0.29) is 29.9 Å². The first-order valence-electron chi connectivity index (χ1n) is 9.82. The van der Waals surface area contributed by atoms with E-state index in [0.29, 0.717) is 42.2 Å². The average Bonchev–Trinajstić information content (AvgIpc) is 2.84. The second-order valence-electron chi connectivity index (χ2n) is 8.47. The highest BCUT2D eigenvalue weighted by Gasteiger charge is 2.36. The maximum absolute atomic E-state index is 11.6. The summed E-state index contributed by atoms with van der Waals surface area (Å²) in [5.41, 5.74) is 0. The van der Waals surface area contributed by atoms with Crippen molar-refractivity contribution in [3.63, 3.8) is 0 Å². The molecule has 0 aliphatic carbocycles. The molecule has 0 radical (unpaired) electrons. The zero-order valence-electron chi connectivity index (χ0n) is 16.3. The first-order valence-corrected chi connectivity index (χ1v) is 11.6. The fourth-order valence-corrected chi connectivity index (χ4v) is 6.42. The third kappa shape index (κ3) is 5.95. The molecule has 6 nitrogen and oxygen atoms in total. The standard InChI is InChI=1S/C18H34N4O2S.HI/c1-13(2)20-18(19-11-14-7-8-25(23,24)12-14)21-15-9-16-5-4-6-17(10-15)22(16)3;/h13-17H,4-12H2,1-3H3,(H2,19,20,21);1H. The van der Waals surface area contributed by atoms with Gasteiger partial charge in [0.05, 0.1) is 11.5 Å². The van der Waals surface area contributed by atoms with E-state index in [9.17, 15) is 8.42 Å². The van der Waals surface area contributed by atoms with Crippen LogP contribution >= 0.6 is 24.0 Å². The number of sulfone groups is 1. The van der Waals surface area contributed by atoms with Gasteiger partial charge in [-0.15, -0.1) is 24.0 Å². The molecule has 8 heteroatoms. The molecule has 0 amide bonds. The SMILES string of the molecule is CC(C)NC(=NCC1CCS(=O)(=O)C1)NC1CC2CCCC(C1)N2C.I. The topological polar surface area (TPSA) is 73.8 Å². The lowest BCUT2D eigenvalue weighted by Crippen LogP contribution is -2.57. The van der Waals surface area contributed by atoms with Gasteiger partial charge in [-0.05, 0) is 58.9 Å². The van der Waals surface area contributed by atoms with Crippen molar-refractivity contribution in [3.8, 4) is 0 Å². The Morgan fingerprint density at radius 1 is 1.19 bits per heavy atom. The van der Waals surface area contributed by atoms with Crippen LogP contribution in [0.1, 0.15) is 52.4 Å². The summed E-state index contributed by atoms with van der Waals surface area (Å²) < 4.78 is 23.3. The van der Waals surface area contributed by atoms with Crippen molar-refractivity contribution in [3.05, 3.63) is 0 Å². The van der Waals surface area contributed by atoms with E-state index in [2.05, 4.69) is 36.4 Å². The smallest absolute Gasteiger partial charge is 0.191 e. The summed E-state index contributed by atoms with van der Waals surface area (Å²) in [5, 5.41) is 7.07. The number of nitrogens with zero attached hydrogens (tertiary/aromatic N) is 2. The van der Waals surface area contributed by atoms with Gasteiger partial charge >= 0.3 is 0 Å². The summed E-state index contributed by atoms with van der Waals surface area (Å²) in [4.78, 5) is 7.30. The van der Waals surface area contributed by atoms with E-state index in [1.165, 1.54) is 32.1 Å². The number of aliphatic imine (C=N–C) groups is 1. The molecule has 152 valence electrons. The summed E-state index contributed by atoms with van der Waals surface area (Å²) in [7, 11) is -0.555. The fourth-order valence-electron chi connectivity index (χ4n) is 4.57. The van der Waals surface area contributed by atoms with Crippen LogP contribution in [0, 0.1) is 5.92 Å². The minimum absolute atomic E-state index is 0. The summed E-state index contributed by atoms with van der Waals surface area (Å²) >= 11 is 0. The van der Waals surface area contributed by atoms with Crippen molar-refractivity contribution in [2.45, 2.75) is 76.5 Å². The van der Waals surface area contributed by atoms with Gasteiger partial charge in [0.25, 0.3) is 0 Å². The maximum Gasteiger partial charge on any atom is 0.191 e. The van der Waals surface area contributed by atoms with E-state index in [1.807, 2.05) is 0 Å². The van der Waals surface area contributed by atoms with E-state index in [4.69, 9.17) is 4.99 Å². The molecular formula is C18H35IN4O2S. The van der Waals surface area contributed by atoms with E-state index >= 15 is 0 Å². The molecule has 0 aromatic rings. The lowest BCUT2D eigenvalue weighted by Gasteiger charge is -2.47. The van der Waals surface area contributed by atoms with Crippen molar-refractivity contribution >= 4 is 39.8 Å². The molecule has 0 spiro atoms. The zero-order chi connectivity index (χ0) is 18.0. The Balaban J connectivity index is 0.00000243. The normalized spacial score (nSPS) is 34.4. The Labute approximate surface area is 175 Å². The van der Waals surface area contributed by atoms with Crippen LogP contribution in [-0.4, -0.2) is 68.5 Å². The van der Waals surface area contributed by atoms with Gasteiger partial charge in [0.15, 0.2) is 15.8 Å². The number of guanidine groups is 1. The van der Waals surface area contributed by atoms with Gasteiger partial charge in [-0.25, -0.2) is 8.42 Å². The average molecular weight is 498 g/mol. The van der Waals surface area contributed by atoms with Crippen molar-refractivity contribution in [1.29, 1.82) is 0 Å². The molecular weight excluding hydrogens is 463 g/mol. The lowest BCUT2D eigenvalue weighted by atomic mass is 9.82. The first kappa shape index (κ1) is 22.2. The first-order chi connectivity index (χ1) is 11.8. The zero-order valence-corrected chi connectivity index (χ0v) is 19.4. The number of nitrogens with one attached hydrogen (secondary N) is 2. The van der Waals surface area contributed by atoms with Crippen molar-refractivity contribution in [2.75, 3.05) is 25.1 Å². The number of piperidine rings is 2. The predicted octanol–water partition coefficient (Wildman–Crippen LogP) is 2.00. The second-order valence-corrected chi connectivity index (χ2v) is 10.7. The van der Waals surface area contributed by atoms with Gasteiger partial charge in [0, 0.05) is 30.7 Å². The minimum atomic E-state index is -2.83. The van der Waals surface area contributed by atoms with Crippen LogP contribution in [0.25, 0.3) is 0 Å². The molecule has 3 aliphatic rings. The van der Waals surface area contributed by atoms with Crippen LogP contribution in [0.3, 0.4) is 0 Å². The fraction of sp³-hybridized carbons (Fsp3) is 0.944. The summed E-state index contributed by atoms with van der Waals surface area (Å²) in [6.07, 6.45) is 7.05. The Morgan fingerprint density at radius 2 is 1.85 bits per heavy atom. The van der Waals surface area contributed by atoms with Gasteiger partial charge in [-0.2, -0.15) is 0 Å². The van der Waals surface area contributed by atoms with Crippen molar-refractivity contribution in [2.24, 2.45) is 10.9 Å². The summed E-state index contributed by atoms with van der Waals surface area (Å²) in [5.74, 6) is 1.65. The maximum atomic E-state index is 11.6. The summed E-state index contributed by atoms with van der Waals surface area (Å²) in [6.45, 7) is 4.82. The molecule has 3 heterocycles. The van der Waals surface area contributed by atoms with Crippen LogP contribution in [0.4, 0.5) is 0 Å². The molecule has 2 N–H and O–H groups in total. The summed E-state index contributed by atoms with van der Waals surface area (Å²) in [6, 6.07) is 2.14. The highest BCUT2D eigenvalue weighted by molar-refractivity contribution is 14.0. The highest BCUT2D eigenvalue weighted by Crippen LogP contribution is 2.32. The Hall–Kier alpha value is -0.0900. The number of rotatable bonds is 4. The van der Waals surface area contributed by atoms with E-state index < -0.39 is 9.84 Å². The van der Waals surface area contributed by atoms with Crippen LogP contribution < -0.4 is 10.6 Å². The number of halogens is 1. The van der Waals surface area contributed by atoms with Crippen LogP contribution in [0.2, 0.25) is 0 Å². The third-order valence-electron chi connectivity index (χ3n) is 5.94. The molecule has 0 aromatic carbocycles. The van der Waals surface area contributed by atoms with Gasteiger partial charge in [-0.3, -0.25) is 4.99 Å². The van der Waals surface area contributed by atoms with Gasteiger partial charge in [-0.1, -0.05) is 6.42 Å². The third-order valence-corrected chi connectivity index (χ3v) is 7.78.